The number of hydrogen-bond acceptors (Lipinski definition) is 1. The van der Waals surface area contributed by atoms with E-state index >= 15 is 0 Å². The highest BCUT2D eigenvalue weighted by Crippen LogP contribution is 2.23. The van der Waals surface area contributed by atoms with Gasteiger partial charge >= 0.3 is 0 Å². The molecule has 0 aromatic heterocycles. The van der Waals surface area contributed by atoms with Crippen LogP contribution in [0.15, 0.2) is 11.6 Å². The molecule has 0 aliphatic heterocycles. The molecule has 2 unspecified atom stereocenters. The minimum atomic E-state index is -0.166. The molecule has 0 aromatic carbocycles. The summed E-state index contributed by atoms with van der Waals surface area (Å²) < 4.78 is 0. The second-order valence-electron chi connectivity index (χ2n) is 2.96. The van der Waals surface area contributed by atoms with E-state index in [1.54, 1.807) is 0 Å². The molecule has 1 aliphatic rings. The minimum Gasteiger partial charge on any atom is -0.389 e. The molecular weight excluding hydrogens is 112 g/mol. The van der Waals surface area contributed by atoms with Crippen LogP contribution in [0.25, 0.3) is 0 Å². The topological polar surface area (TPSA) is 20.2 Å². The standard InChI is InChI=1S/C8H14O/c1-6-3-4-8(9)5-7(6)2/h5-6,8-9H,3-4H2,1-2H3. The van der Waals surface area contributed by atoms with Crippen LogP contribution in [0.4, 0.5) is 0 Å². The fourth-order valence-electron chi connectivity index (χ4n) is 1.20. The first-order chi connectivity index (χ1) is 4.20. The Hall–Kier alpha value is -0.300. The Morgan fingerprint density at radius 2 is 2.22 bits per heavy atom. The van der Waals surface area contributed by atoms with E-state index in [0.29, 0.717) is 5.92 Å². The highest BCUT2D eigenvalue weighted by molar-refractivity contribution is 5.08. The lowest BCUT2D eigenvalue weighted by molar-refractivity contribution is 0.193. The first kappa shape index (κ1) is 6.81. The molecule has 0 saturated heterocycles. The third-order valence-electron chi connectivity index (χ3n) is 2.13. The molecular formula is C8H14O. The Bertz CT molecular complexity index is 127. The van der Waals surface area contributed by atoms with Crippen LogP contribution in [-0.4, -0.2) is 11.2 Å². The fourth-order valence-corrected chi connectivity index (χ4v) is 1.20. The molecule has 52 valence electrons. The number of allylic oxidation sites excluding steroid dienone is 1. The van der Waals surface area contributed by atoms with E-state index in [-0.39, 0.29) is 6.10 Å². The molecule has 0 fully saturated rings. The van der Waals surface area contributed by atoms with E-state index in [1.807, 2.05) is 6.08 Å². The molecule has 2 atom stereocenters. The lowest BCUT2D eigenvalue weighted by Gasteiger charge is -2.20. The molecule has 1 aliphatic carbocycles. The first-order valence-electron chi connectivity index (χ1n) is 3.56. The maximum Gasteiger partial charge on any atom is 0.0723 e. The van der Waals surface area contributed by atoms with E-state index in [0.717, 1.165) is 12.8 Å². The van der Waals surface area contributed by atoms with Crippen molar-refractivity contribution in [1.29, 1.82) is 0 Å². The van der Waals surface area contributed by atoms with Crippen LogP contribution < -0.4 is 0 Å². The minimum absolute atomic E-state index is 0.166. The Morgan fingerprint density at radius 3 is 2.67 bits per heavy atom. The highest BCUT2D eigenvalue weighted by Gasteiger charge is 2.13. The van der Waals surface area contributed by atoms with Gasteiger partial charge in [-0.05, 0) is 25.7 Å². The molecule has 1 nitrogen and oxygen atoms in total. The van der Waals surface area contributed by atoms with E-state index in [2.05, 4.69) is 13.8 Å². The van der Waals surface area contributed by atoms with Gasteiger partial charge in [-0.2, -0.15) is 0 Å². The summed E-state index contributed by atoms with van der Waals surface area (Å²) in [5, 5.41) is 9.12. The van der Waals surface area contributed by atoms with Gasteiger partial charge in [0.2, 0.25) is 0 Å². The van der Waals surface area contributed by atoms with Crippen molar-refractivity contribution in [2.75, 3.05) is 0 Å². The Balaban J connectivity index is 2.61. The van der Waals surface area contributed by atoms with Gasteiger partial charge in [0.05, 0.1) is 6.10 Å². The average Bonchev–Trinajstić information content (AvgIpc) is 1.80. The monoisotopic (exact) mass is 126 g/mol. The third-order valence-corrected chi connectivity index (χ3v) is 2.13. The van der Waals surface area contributed by atoms with Gasteiger partial charge in [0.1, 0.15) is 0 Å². The molecule has 1 N–H and O–H groups in total. The molecule has 0 spiro atoms. The maximum atomic E-state index is 9.12. The predicted octanol–water partition coefficient (Wildman–Crippen LogP) is 1.72. The van der Waals surface area contributed by atoms with Crippen molar-refractivity contribution in [1.82, 2.24) is 0 Å². The molecule has 0 heterocycles. The van der Waals surface area contributed by atoms with Gasteiger partial charge in [-0.1, -0.05) is 18.6 Å². The van der Waals surface area contributed by atoms with Gasteiger partial charge < -0.3 is 5.11 Å². The molecule has 0 aromatic rings. The number of aliphatic hydroxyl groups excluding tert-OH is 1. The number of hydrogen-bond donors (Lipinski definition) is 1. The summed E-state index contributed by atoms with van der Waals surface area (Å²) in [6, 6.07) is 0. The zero-order valence-corrected chi connectivity index (χ0v) is 6.09. The van der Waals surface area contributed by atoms with Gasteiger partial charge in [-0.15, -0.1) is 0 Å². The molecule has 0 radical (unpaired) electrons. The van der Waals surface area contributed by atoms with Gasteiger partial charge in [-0.3, -0.25) is 0 Å². The zero-order valence-electron chi connectivity index (χ0n) is 6.09. The van der Waals surface area contributed by atoms with E-state index in [4.69, 9.17) is 5.11 Å². The SMILES string of the molecule is CC1=CC(O)CCC1C. The van der Waals surface area contributed by atoms with E-state index in [9.17, 15) is 0 Å². The highest BCUT2D eigenvalue weighted by atomic mass is 16.3. The lowest BCUT2D eigenvalue weighted by atomic mass is 9.89. The van der Waals surface area contributed by atoms with Gasteiger partial charge in [-0.25, -0.2) is 0 Å². The van der Waals surface area contributed by atoms with Crippen molar-refractivity contribution in [2.24, 2.45) is 5.92 Å². The summed E-state index contributed by atoms with van der Waals surface area (Å²) in [4.78, 5) is 0. The van der Waals surface area contributed by atoms with Crippen molar-refractivity contribution in [3.63, 3.8) is 0 Å². The van der Waals surface area contributed by atoms with Crippen LogP contribution in [0.3, 0.4) is 0 Å². The molecule has 9 heavy (non-hydrogen) atoms. The Morgan fingerprint density at radius 1 is 1.56 bits per heavy atom. The van der Waals surface area contributed by atoms with E-state index in [1.165, 1.54) is 5.57 Å². The smallest absolute Gasteiger partial charge is 0.0723 e. The predicted molar refractivity (Wildman–Crippen MR) is 38.2 cm³/mol. The first-order valence-corrected chi connectivity index (χ1v) is 3.56. The molecule has 1 heteroatoms. The quantitative estimate of drug-likeness (QED) is 0.490. The molecule has 0 saturated carbocycles. The molecule has 1 rings (SSSR count). The van der Waals surface area contributed by atoms with Crippen LogP contribution in [0.2, 0.25) is 0 Å². The van der Waals surface area contributed by atoms with Crippen LogP contribution in [0.1, 0.15) is 26.7 Å². The molecule has 0 amide bonds. The van der Waals surface area contributed by atoms with Crippen molar-refractivity contribution in [2.45, 2.75) is 32.8 Å². The summed E-state index contributed by atoms with van der Waals surface area (Å²) >= 11 is 0. The van der Waals surface area contributed by atoms with Crippen LogP contribution in [-0.2, 0) is 0 Å². The fraction of sp³-hybridized carbons (Fsp3) is 0.750. The van der Waals surface area contributed by atoms with Crippen molar-refractivity contribution in [3.05, 3.63) is 11.6 Å². The van der Waals surface area contributed by atoms with Crippen LogP contribution in [0, 0.1) is 5.92 Å². The van der Waals surface area contributed by atoms with Crippen molar-refractivity contribution < 1.29 is 5.11 Å². The zero-order chi connectivity index (χ0) is 6.85. The maximum absolute atomic E-state index is 9.12. The molecule has 0 bridgehead atoms. The second kappa shape index (κ2) is 2.53. The summed E-state index contributed by atoms with van der Waals surface area (Å²) in [7, 11) is 0. The Labute approximate surface area is 56.4 Å². The number of rotatable bonds is 0. The van der Waals surface area contributed by atoms with Crippen LogP contribution >= 0.6 is 0 Å². The Kier molecular flexibility index (Phi) is 1.91. The summed E-state index contributed by atoms with van der Waals surface area (Å²) in [6.07, 6.45) is 3.89. The lowest BCUT2D eigenvalue weighted by Crippen LogP contribution is -2.13. The van der Waals surface area contributed by atoms with Crippen molar-refractivity contribution >= 4 is 0 Å². The van der Waals surface area contributed by atoms with E-state index < -0.39 is 0 Å². The average molecular weight is 126 g/mol. The second-order valence-corrected chi connectivity index (χ2v) is 2.96. The van der Waals surface area contributed by atoms with Gasteiger partial charge in [0.25, 0.3) is 0 Å². The summed E-state index contributed by atoms with van der Waals surface area (Å²) in [6.45, 7) is 4.30. The largest absolute Gasteiger partial charge is 0.389 e. The normalized spacial score (nSPS) is 36.1. The summed E-state index contributed by atoms with van der Waals surface area (Å²) in [5.41, 5.74) is 1.34. The van der Waals surface area contributed by atoms with Gasteiger partial charge in [0, 0.05) is 0 Å². The summed E-state index contributed by atoms with van der Waals surface area (Å²) in [5.74, 6) is 0.688. The van der Waals surface area contributed by atoms with Crippen molar-refractivity contribution in [3.8, 4) is 0 Å². The van der Waals surface area contributed by atoms with Gasteiger partial charge in [0.15, 0.2) is 0 Å². The number of aliphatic hydroxyl groups is 1. The van der Waals surface area contributed by atoms with Crippen LogP contribution in [0.5, 0.6) is 0 Å². The third kappa shape index (κ3) is 1.55.